The standard InChI is InChI=1S/C25H24N2O7S/c1-31-17-13-14-18(20(15-17)32-2)24-26(35-21-12-8-7-11-19(21)27(29)30)22(16-9-5-4-6-10-16)23(34-24)25(28)33-3/h4-15,22-24H,1-3H3/t22-,23+,24?/m0/s1. The third-order valence-electron chi connectivity index (χ3n) is 5.61. The van der Waals surface area contributed by atoms with E-state index in [1.54, 1.807) is 43.5 Å². The summed E-state index contributed by atoms with van der Waals surface area (Å²) in [6.45, 7) is 0. The molecular formula is C25H24N2O7S. The van der Waals surface area contributed by atoms with E-state index in [2.05, 4.69) is 0 Å². The van der Waals surface area contributed by atoms with Gasteiger partial charge in [-0.2, -0.15) is 0 Å². The van der Waals surface area contributed by atoms with Gasteiger partial charge in [-0.1, -0.05) is 42.5 Å². The number of nitro groups is 1. The number of nitro benzene ring substituents is 1. The lowest BCUT2D eigenvalue weighted by molar-refractivity contribution is -0.387. The van der Waals surface area contributed by atoms with Crippen molar-refractivity contribution in [3.63, 3.8) is 0 Å². The first kappa shape index (κ1) is 24.5. The summed E-state index contributed by atoms with van der Waals surface area (Å²) in [6.07, 6.45) is -1.79. The van der Waals surface area contributed by atoms with E-state index in [1.165, 1.54) is 20.3 Å². The van der Waals surface area contributed by atoms with Crippen LogP contribution in [0.25, 0.3) is 0 Å². The minimum atomic E-state index is -0.991. The fourth-order valence-corrected chi connectivity index (χ4v) is 5.17. The molecular weight excluding hydrogens is 472 g/mol. The maximum atomic E-state index is 12.9. The van der Waals surface area contributed by atoms with Gasteiger partial charge in [0, 0.05) is 17.7 Å². The minimum absolute atomic E-state index is 0.0497. The first-order chi connectivity index (χ1) is 17.0. The van der Waals surface area contributed by atoms with Gasteiger partial charge in [0.1, 0.15) is 16.4 Å². The molecule has 0 spiro atoms. The molecule has 1 aliphatic heterocycles. The van der Waals surface area contributed by atoms with Crippen molar-refractivity contribution in [3.05, 3.63) is 94.0 Å². The van der Waals surface area contributed by atoms with Crippen molar-refractivity contribution < 1.29 is 28.7 Å². The minimum Gasteiger partial charge on any atom is -0.497 e. The van der Waals surface area contributed by atoms with Crippen molar-refractivity contribution >= 4 is 23.6 Å². The Morgan fingerprint density at radius 1 is 1.00 bits per heavy atom. The van der Waals surface area contributed by atoms with E-state index in [9.17, 15) is 14.9 Å². The summed E-state index contributed by atoms with van der Waals surface area (Å²) in [5.74, 6) is 0.521. The molecule has 35 heavy (non-hydrogen) atoms. The fraction of sp³-hybridized carbons (Fsp3) is 0.240. The highest BCUT2D eigenvalue weighted by Crippen LogP contribution is 2.52. The van der Waals surface area contributed by atoms with Crippen LogP contribution in [0.5, 0.6) is 11.5 Å². The first-order valence-electron chi connectivity index (χ1n) is 10.7. The van der Waals surface area contributed by atoms with Crippen molar-refractivity contribution in [2.75, 3.05) is 21.3 Å². The SMILES string of the molecule is COC(=O)[C@@H]1OC(c2ccc(OC)cc2OC)N(Sc2ccccc2[N+](=O)[O-])[C@H]1c1ccccc1. The molecule has 10 heteroatoms. The number of hydrogen-bond donors (Lipinski definition) is 0. The van der Waals surface area contributed by atoms with Crippen molar-refractivity contribution in [1.29, 1.82) is 0 Å². The summed E-state index contributed by atoms with van der Waals surface area (Å²) in [5.41, 5.74) is 1.38. The average molecular weight is 497 g/mol. The number of ether oxygens (including phenoxy) is 4. The van der Waals surface area contributed by atoms with Crippen LogP contribution in [0.4, 0.5) is 5.69 Å². The Labute approximate surface area is 206 Å². The summed E-state index contributed by atoms with van der Waals surface area (Å²) in [7, 11) is 4.38. The van der Waals surface area contributed by atoms with Gasteiger partial charge in [-0.05, 0) is 35.7 Å². The molecule has 3 aromatic carbocycles. The molecule has 4 rings (SSSR count). The van der Waals surface area contributed by atoms with E-state index >= 15 is 0 Å². The highest BCUT2D eigenvalue weighted by Gasteiger charge is 2.50. The summed E-state index contributed by atoms with van der Waals surface area (Å²) in [4.78, 5) is 24.6. The van der Waals surface area contributed by atoms with Gasteiger partial charge >= 0.3 is 5.97 Å². The van der Waals surface area contributed by atoms with Crippen molar-refractivity contribution in [1.82, 2.24) is 4.31 Å². The normalized spacial score (nSPS) is 19.8. The molecule has 0 aliphatic carbocycles. The van der Waals surface area contributed by atoms with Crippen LogP contribution >= 0.6 is 11.9 Å². The first-order valence-corrected chi connectivity index (χ1v) is 11.5. The second kappa shape index (κ2) is 10.8. The van der Waals surface area contributed by atoms with Crippen LogP contribution in [0.1, 0.15) is 23.4 Å². The van der Waals surface area contributed by atoms with Crippen LogP contribution < -0.4 is 9.47 Å². The number of nitrogens with zero attached hydrogens (tertiary/aromatic N) is 2. The van der Waals surface area contributed by atoms with Crippen molar-refractivity contribution in [3.8, 4) is 11.5 Å². The zero-order chi connectivity index (χ0) is 24.9. The maximum absolute atomic E-state index is 12.9. The Morgan fingerprint density at radius 3 is 2.37 bits per heavy atom. The van der Waals surface area contributed by atoms with Gasteiger partial charge < -0.3 is 18.9 Å². The second-order valence-corrected chi connectivity index (χ2v) is 8.62. The second-order valence-electron chi connectivity index (χ2n) is 7.57. The van der Waals surface area contributed by atoms with Gasteiger partial charge in [-0.25, -0.2) is 9.10 Å². The number of benzene rings is 3. The molecule has 1 aliphatic rings. The number of carbonyl (C=O) groups excluding carboxylic acids is 1. The van der Waals surface area contributed by atoms with Gasteiger partial charge in [-0.15, -0.1) is 0 Å². The quantitative estimate of drug-likeness (QED) is 0.186. The van der Waals surface area contributed by atoms with Crippen LogP contribution in [0, 0.1) is 10.1 Å². The lowest BCUT2D eigenvalue weighted by Gasteiger charge is -2.28. The van der Waals surface area contributed by atoms with Crippen molar-refractivity contribution in [2.45, 2.75) is 23.3 Å². The molecule has 0 N–H and O–H groups in total. The molecule has 1 heterocycles. The smallest absolute Gasteiger partial charge is 0.337 e. The summed E-state index contributed by atoms with van der Waals surface area (Å²) in [6, 6.07) is 20.5. The van der Waals surface area contributed by atoms with E-state index < -0.39 is 29.3 Å². The number of methoxy groups -OCH3 is 3. The van der Waals surface area contributed by atoms with Gasteiger partial charge in [0.2, 0.25) is 0 Å². The Balaban J connectivity index is 1.87. The number of carbonyl (C=O) groups is 1. The van der Waals surface area contributed by atoms with E-state index in [-0.39, 0.29) is 5.69 Å². The van der Waals surface area contributed by atoms with Gasteiger partial charge in [0.15, 0.2) is 12.3 Å². The molecule has 0 bridgehead atoms. The molecule has 0 amide bonds. The van der Waals surface area contributed by atoms with E-state index in [0.29, 0.717) is 22.0 Å². The van der Waals surface area contributed by atoms with Gasteiger partial charge in [0.25, 0.3) is 5.69 Å². The topological polar surface area (TPSA) is 100 Å². The molecule has 0 aromatic heterocycles. The van der Waals surface area contributed by atoms with Crippen LogP contribution in [-0.2, 0) is 14.3 Å². The Bertz CT molecular complexity index is 1210. The van der Waals surface area contributed by atoms with E-state index in [1.807, 2.05) is 34.6 Å². The van der Waals surface area contributed by atoms with Crippen molar-refractivity contribution in [2.24, 2.45) is 0 Å². The third kappa shape index (κ3) is 4.95. The molecule has 182 valence electrons. The fourth-order valence-electron chi connectivity index (χ4n) is 3.96. The van der Waals surface area contributed by atoms with Gasteiger partial charge in [0.05, 0.1) is 32.3 Å². The largest absolute Gasteiger partial charge is 0.497 e. The van der Waals surface area contributed by atoms with E-state index in [0.717, 1.165) is 17.5 Å². The molecule has 0 saturated carbocycles. The number of para-hydroxylation sites is 1. The number of hydrogen-bond acceptors (Lipinski definition) is 9. The predicted molar refractivity (Wildman–Crippen MR) is 129 cm³/mol. The van der Waals surface area contributed by atoms with Gasteiger partial charge in [-0.3, -0.25) is 10.1 Å². The number of esters is 1. The van der Waals surface area contributed by atoms with Crippen LogP contribution in [0.3, 0.4) is 0 Å². The zero-order valence-electron chi connectivity index (χ0n) is 19.3. The lowest BCUT2D eigenvalue weighted by atomic mass is 10.0. The van der Waals surface area contributed by atoms with Crippen LogP contribution in [-0.4, -0.2) is 42.6 Å². The monoisotopic (exact) mass is 496 g/mol. The molecule has 0 radical (unpaired) electrons. The molecule has 1 fully saturated rings. The maximum Gasteiger partial charge on any atom is 0.337 e. The highest BCUT2D eigenvalue weighted by atomic mass is 32.2. The average Bonchev–Trinajstić information content (AvgIpc) is 3.27. The summed E-state index contributed by atoms with van der Waals surface area (Å²) < 4.78 is 24.1. The van der Waals surface area contributed by atoms with Crippen LogP contribution in [0.15, 0.2) is 77.7 Å². The molecule has 3 aromatic rings. The lowest BCUT2D eigenvalue weighted by Crippen LogP contribution is -2.30. The molecule has 1 saturated heterocycles. The molecule has 9 nitrogen and oxygen atoms in total. The summed E-state index contributed by atoms with van der Waals surface area (Å²) in [5, 5.41) is 11.7. The Hall–Kier alpha value is -3.60. The third-order valence-corrected chi connectivity index (χ3v) is 6.79. The molecule has 1 unspecified atom stereocenters. The van der Waals surface area contributed by atoms with Crippen LogP contribution in [0.2, 0.25) is 0 Å². The van der Waals surface area contributed by atoms with E-state index in [4.69, 9.17) is 18.9 Å². The Morgan fingerprint density at radius 2 is 1.71 bits per heavy atom. The predicted octanol–water partition coefficient (Wildman–Crippen LogP) is 4.93. The molecule has 3 atom stereocenters. The number of rotatable bonds is 8. The highest BCUT2D eigenvalue weighted by molar-refractivity contribution is 7.97. The summed E-state index contributed by atoms with van der Waals surface area (Å²) >= 11 is 1.14. The zero-order valence-corrected chi connectivity index (χ0v) is 20.1. The Kier molecular flexibility index (Phi) is 7.54.